The van der Waals surface area contributed by atoms with Gasteiger partial charge in [0.2, 0.25) is 0 Å². The highest BCUT2D eigenvalue weighted by atomic mass is 15.0. The summed E-state index contributed by atoms with van der Waals surface area (Å²) in [6, 6.07) is 0.132. The van der Waals surface area contributed by atoms with Crippen LogP contribution in [0.5, 0.6) is 0 Å². The lowest BCUT2D eigenvalue weighted by molar-refractivity contribution is 0.639. The smallest absolute Gasteiger partial charge is 0.0946 e. The number of hydrogen-bond acceptors (Lipinski definition) is 2. The first-order chi connectivity index (χ1) is 4.75. The molecule has 0 aliphatic rings. The van der Waals surface area contributed by atoms with Crippen LogP contribution in [-0.2, 0) is 7.05 Å². The molecule has 2 N–H and O–H groups in total. The van der Waals surface area contributed by atoms with Crippen molar-refractivity contribution in [2.24, 2.45) is 12.8 Å². The summed E-state index contributed by atoms with van der Waals surface area (Å²) < 4.78 is 1.95. The first kappa shape index (κ1) is 7.28. The van der Waals surface area contributed by atoms with Gasteiger partial charge in [0.1, 0.15) is 0 Å². The zero-order valence-electron chi connectivity index (χ0n) is 6.41. The Morgan fingerprint density at radius 2 is 2.50 bits per heavy atom. The Kier molecular flexibility index (Phi) is 2.06. The van der Waals surface area contributed by atoms with Crippen LogP contribution in [0.4, 0.5) is 0 Å². The molecule has 0 bridgehead atoms. The molecular formula is C7H13N3. The summed E-state index contributed by atoms with van der Waals surface area (Å²) in [4.78, 5) is 3.97. The van der Waals surface area contributed by atoms with E-state index in [0.29, 0.717) is 0 Å². The van der Waals surface area contributed by atoms with E-state index in [9.17, 15) is 0 Å². The van der Waals surface area contributed by atoms with E-state index >= 15 is 0 Å². The van der Waals surface area contributed by atoms with Gasteiger partial charge in [0.15, 0.2) is 0 Å². The fraction of sp³-hybridized carbons (Fsp3) is 0.571. The Morgan fingerprint density at radius 1 is 1.80 bits per heavy atom. The average Bonchev–Trinajstić information content (AvgIpc) is 2.34. The van der Waals surface area contributed by atoms with Crippen LogP contribution in [0.3, 0.4) is 0 Å². The van der Waals surface area contributed by atoms with Crippen LogP contribution in [0.15, 0.2) is 12.5 Å². The van der Waals surface area contributed by atoms with Crippen LogP contribution in [-0.4, -0.2) is 9.55 Å². The summed E-state index contributed by atoms with van der Waals surface area (Å²) >= 11 is 0. The predicted molar refractivity (Wildman–Crippen MR) is 40.4 cm³/mol. The lowest BCUT2D eigenvalue weighted by Gasteiger charge is -2.07. The van der Waals surface area contributed by atoms with Crippen molar-refractivity contribution >= 4 is 0 Å². The molecule has 3 nitrogen and oxygen atoms in total. The monoisotopic (exact) mass is 139 g/mol. The average molecular weight is 139 g/mol. The van der Waals surface area contributed by atoms with Gasteiger partial charge in [0.05, 0.1) is 12.0 Å². The minimum Gasteiger partial charge on any atom is -0.336 e. The molecule has 0 radical (unpaired) electrons. The highest BCUT2D eigenvalue weighted by Gasteiger charge is 2.05. The third kappa shape index (κ3) is 1.19. The highest BCUT2D eigenvalue weighted by Crippen LogP contribution is 2.10. The van der Waals surface area contributed by atoms with Crippen LogP contribution < -0.4 is 5.73 Å². The van der Waals surface area contributed by atoms with Gasteiger partial charge in [0.25, 0.3) is 0 Å². The molecule has 1 aromatic rings. The molecule has 0 aromatic carbocycles. The zero-order chi connectivity index (χ0) is 7.56. The first-order valence-corrected chi connectivity index (χ1v) is 3.47. The number of aryl methyl sites for hydroxylation is 1. The molecule has 1 heterocycles. The summed E-state index contributed by atoms with van der Waals surface area (Å²) in [5.41, 5.74) is 6.88. The van der Waals surface area contributed by atoms with Crippen molar-refractivity contribution in [3.63, 3.8) is 0 Å². The molecule has 0 aliphatic carbocycles. The molecule has 10 heavy (non-hydrogen) atoms. The summed E-state index contributed by atoms with van der Waals surface area (Å²) in [7, 11) is 1.96. The Bertz CT molecular complexity index is 204. The van der Waals surface area contributed by atoms with Crippen LogP contribution >= 0.6 is 0 Å². The van der Waals surface area contributed by atoms with E-state index in [2.05, 4.69) is 11.9 Å². The number of rotatable bonds is 2. The summed E-state index contributed by atoms with van der Waals surface area (Å²) in [6.07, 6.45) is 4.54. The third-order valence-corrected chi connectivity index (χ3v) is 1.67. The Hall–Kier alpha value is -0.830. The van der Waals surface area contributed by atoms with E-state index in [1.807, 2.05) is 17.8 Å². The zero-order valence-corrected chi connectivity index (χ0v) is 6.41. The molecule has 0 spiro atoms. The van der Waals surface area contributed by atoms with Crippen molar-refractivity contribution in [2.75, 3.05) is 0 Å². The summed E-state index contributed by atoms with van der Waals surface area (Å²) in [5.74, 6) is 0. The summed E-state index contributed by atoms with van der Waals surface area (Å²) in [6.45, 7) is 2.07. The minimum absolute atomic E-state index is 0.132. The quantitative estimate of drug-likeness (QED) is 0.659. The topological polar surface area (TPSA) is 43.8 Å². The van der Waals surface area contributed by atoms with Crippen molar-refractivity contribution in [1.29, 1.82) is 0 Å². The van der Waals surface area contributed by atoms with Gasteiger partial charge in [-0.25, -0.2) is 4.98 Å². The van der Waals surface area contributed by atoms with Gasteiger partial charge in [-0.3, -0.25) is 0 Å². The number of aromatic nitrogens is 2. The second-order valence-electron chi connectivity index (χ2n) is 2.44. The van der Waals surface area contributed by atoms with Crippen LogP contribution in [0, 0.1) is 0 Å². The van der Waals surface area contributed by atoms with Crippen molar-refractivity contribution in [3.05, 3.63) is 18.2 Å². The van der Waals surface area contributed by atoms with E-state index in [0.717, 1.165) is 12.1 Å². The molecule has 0 aliphatic heterocycles. The van der Waals surface area contributed by atoms with E-state index in [-0.39, 0.29) is 6.04 Å². The number of nitrogens with zero attached hydrogens (tertiary/aromatic N) is 2. The van der Waals surface area contributed by atoms with Crippen molar-refractivity contribution in [2.45, 2.75) is 19.4 Å². The van der Waals surface area contributed by atoms with Crippen molar-refractivity contribution in [3.8, 4) is 0 Å². The molecule has 0 amide bonds. The van der Waals surface area contributed by atoms with Gasteiger partial charge in [-0.1, -0.05) is 6.92 Å². The molecule has 3 heteroatoms. The molecule has 1 rings (SSSR count). The predicted octanol–water partition coefficient (Wildman–Crippen LogP) is 0.830. The molecule has 1 unspecified atom stereocenters. The lowest BCUT2D eigenvalue weighted by atomic mass is 10.2. The Morgan fingerprint density at radius 3 is 2.90 bits per heavy atom. The number of imidazole rings is 1. The maximum absolute atomic E-state index is 5.78. The SMILES string of the molecule is CCC(N)c1cncn1C. The Balaban J connectivity index is 2.82. The number of hydrogen-bond donors (Lipinski definition) is 1. The maximum atomic E-state index is 5.78. The minimum atomic E-state index is 0.132. The van der Waals surface area contributed by atoms with E-state index in [1.54, 1.807) is 6.33 Å². The molecule has 0 saturated heterocycles. The molecular weight excluding hydrogens is 126 g/mol. The summed E-state index contributed by atoms with van der Waals surface area (Å²) in [5, 5.41) is 0. The van der Waals surface area contributed by atoms with Crippen LogP contribution in [0.25, 0.3) is 0 Å². The Labute approximate surface area is 60.9 Å². The lowest BCUT2D eigenvalue weighted by Crippen LogP contribution is -2.12. The van der Waals surface area contributed by atoms with Crippen molar-refractivity contribution < 1.29 is 0 Å². The number of nitrogens with two attached hydrogens (primary N) is 1. The van der Waals surface area contributed by atoms with Crippen LogP contribution in [0.1, 0.15) is 25.1 Å². The molecule has 56 valence electrons. The molecule has 0 saturated carbocycles. The highest BCUT2D eigenvalue weighted by molar-refractivity contribution is 5.02. The molecule has 0 fully saturated rings. The van der Waals surface area contributed by atoms with Gasteiger partial charge in [-0.2, -0.15) is 0 Å². The largest absolute Gasteiger partial charge is 0.336 e. The van der Waals surface area contributed by atoms with E-state index in [4.69, 9.17) is 5.73 Å². The second kappa shape index (κ2) is 2.84. The van der Waals surface area contributed by atoms with E-state index < -0.39 is 0 Å². The fourth-order valence-electron chi connectivity index (χ4n) is 0.934. The van der Waals surface area contributed by atoms with Crippen LogP contribution in [0.2, 0.25) is 0 Å². The van der Waals surface area contributed by atoms with E-state index in [1.165, 1.54) is 0 Å². The second-order valence-corrected chi connectivity index (χ2v) is 2.44. The van der Waals surface area contributed by atoms with Gasteiger partial charge < -0.3 is 10.3 Å². The van der Waals surface area contributed by atoms with Gasteiger partial charge in [0, 0.05) is 19.3 Å². The molecule has 1 aromatic heterocycles. The first-order valence-electron chi connectivity index (χ1n) is 3.47. The fourth-order valence-corrected chi connectivity index (χ4v) is 0.934. The third-order valence-electron chi connectivity index (χ3n) is 1.67. The van der Waals surface area contributed by atoms with Gasteiger partial charge >= 0.3 is 0 Å². The van der Waals surface area contributed by atoms with Gasteiger partial charge in [-0.05, 0) is 6.42 Å². The maximum Gasteiger partial charge on any atom is 0.0946 e. The molecule has 1 atom stereocenters. The van der Waals surface area contributed by atoms with Gasteiger partial charge in [-0.15, -0.1) is 0 Å². The standard InChI is InChI=1S/C7H13N3/c1-3-6(8)7-4-9-5-10(7)2/h4-6H,3,8H2,1-2H3. The van der Waals surface area contributed by atoms with Crippen molar-refractivity contribution in [1.82, 2.24) is 9.55 Å². The normalized spacial score (nSPS) is 13.5.